The Morgan fingerprint density at radius 1 is 1.88 bits per heavy atom. The maximum Gasteiger partial charge on any atom is 0.246 e. The van der Waals surface area contributed by atoms with Gasteiger partial charge in [0.2, 0.25) is 5.91 Å². The van der Waals surface area contributed by atoms with Crippen LogP contribution < -0.4 is 11.2 Å². The molecule has 0 rings (SSSR count). The molecule has 4 heteroatoms. The Morgan fingerprint density at radius 2 is 2.50 bits per heavy atom. The number of carbonyl (C=O) groups excluding carboxylic acids is 1. The molecule has 0 aromatic carbocycles. The van der Waals surface area contributed by atoms with E-state index < -0.39 is 0 Å². The van der Waals surface area contributed by atoms with Crippen molar-refractivity contribution < 1.29 is 9.63 Å². The minimum Gasteiger partial charge on any atom is -0.419 e. The van der Waals surface area contributed by atoms with Gasteiger partial charge in [-0.25, -0.2) is 0 Å². The first kappa shape index (κ1) is 6.97. The molecule has 0 saturated heterocycles. The molecule has 0 saturated carbocycles. The summed E-state index contributed by atoms with van der Waals surface area (Å²) in [6.07, 6.45) is 2.28. The summed E-state index contributed by atoms with van der Waals surface area (Å²) < 4.78 is 0. The Morgan fingerprint density at radius 3 is 2.88 bits per heavy atom. The molecule has 1 amide bonds. The van der Waals surface area contributed by atoms with Crippen LogP contribution in [0.3, 0.4) is 0 Å². The third-order valence-corrected chi connectivity index (χ3v) is 0.544. The van der Waals surface area contributed by atoms with Crippen molar-refractivity contribution in [3.8, 4) is 0 Å². The van der Waals surface area contributed by atoms with Crippen LogP contribution in [0.4, 0.5) is 0 Å². The molecule has 0 fully saturated rings. The van der Waals surface area contributed by atoms with E-state index in [1.165, 1.54) is 13.1 Å². The fourth-order valence-corrected chi connectivity index (χ4v) is 0.184. The molecule has 0 aliphatic rings. The van der Waals surface area contributed by atoms with Crippen LogP contribution >= 0.6 is 0 Å². The lowest BCUT2D eigenvalue weighted by molar-refractivity contribution is -0.116. The fraction of sp³-hybridized carbons (Fsp3) is 0.250. The molecular weight excluding hydrogens is 108 g/mol. The lowest BCUT2D eigenvalue weighted by Crippen LogP contribution is -2.14. The fourth-order valence-electron chi connectivity index (χ4n) is 0.184. The molecule has 8 heavy (non-hydrogen) atoms. The molecule has 4 nitrogen and oxygen atoms in total. The molecule has 0 aromatic heterocycles. The van der Waals surface area contributed by atoms with Crippen LogP contribution in [0.5, 0.6) is 0 Å². The first-order valence-electron chi connectivity index (χ1n) is 2.05. The number of likely N-dealkylation sites (N-methyl/N-ethyl adjacent to an activating group) is 1. The van der Waals surface area contributed by atoms with Gasteiger partial charge in [-0.15, -0.1) is 0 Å². The second-order valence-corrected chi connectivity index (χ2v) is 1.05. The molecule has 0 heterocycles. The van der Waals surface area contributed by atoms with E-state index in [-0.39, 0.29) is 5.91 Å². The average Bonchev–Trinajstić information content (AvgIpc) is 1.83. The first-order chi connectivity index (χ1) is 3.81. The van der Waals surface area contributed by atoms with E-state index in [1.807, 2.05) is 0 Å². The van der Waals surface area contributed by atoms with E-state index in [1.54, 1.807) is 0 Å². The standard InChI is InChI=1S/C4H8N2O2/c1-6-4(7)2-3-8-5/h2-3H,5H2,1H3,(H,6,7)/b3-2-. The maximum absolute atomic E-state index is 10.2. The largest absolute Gasteiger partial charge is 0.419 e. The van der Waals surface area contributed by atoms with Gasteiger partial charge in [0.25, 0.3) is 0 Å². The van der Waals surface area contributed by atoms with Crippen LogP contribution in [0.25, 0.3) is 0 Å². The van der Waals surface area contributed by atoms with Crippen molar-refractivity contribution in [2.45, 2.75) is 0 Å². The van der Waals surface area contributed by atoms with E-state index in [0.29, 0.717) is 0 Å². The third kappa shape index (κ3) is 3.17. The van der Waals surface area contributed by atoms with Crippen molar-refractivity contribution in [1.82, 2.24) is 5.32 Å². The van der Waals surface area contributed by atoms with Crippen molar-refractivity contribution in [3.05, 3.63) is 12.3 Å². The minimum absolute atomic E-state index is 0.240. The smallest absolute Gasteiger partial charge is 0.246 e. The van der Waals surface area contributed by atoms with Gasteiger partial charge in [0.1, 0.15) is 6.26 Å². The maximum atomic E-state index is 10.2. The summed E-state index contributed by atoms with van der Waals surface area (Å²) >= 11 is 0. The van der Waals surface area contributed by atoms with Gasteiger partial charge in [-0.3, -0.25) is 4.79 Å². The van der Waals surface area contributed by atoms with Gasteiger partial charge in [-0.05, 0) is 0 Å². The van der Waals surface area contributed by atoms with E-state index in [9.17, 15) is 4.79 Å². The minimum atomic E-state index is -0.240. The lowest BCUT2D eigenvalue weighted by atomic mass is 10.6. The number of hydrogen-bond acceptors (Lipinski definition) is 3. The number of hydrogen-bond donors (Lipinski definition) is 2. The van der Waals surface area contributed by atoms with Crippen LogP contribution in [0.1, 0.15) is 0 Å². The zero-order valence-electron chi connectivity index (χ0n) is 4.55. The molecule has 0 aromatic rings. The number of nitrogens with one attached hydrogen (secondary N) is 1. The Hall–Kier alpha value is -1.03. The van der Waals surface area contributed by atoms with E-state index in [2.05, 4.69) is 16.1 Å². The molecule has 0 unspecified atom stereocenters. The summed E-state index contributed by atoms with van der Waals surface area (Å²) in [6.45, 7) is 0. The monoisotopic (exact) mass is 116 g/mol. The van der Waals surface area contributed by atoms with E-state index in [0.717, 1.165) is 6.26 Å². The quantitative estimate of drug-likeness (QED) is 0.280. The van der Waals surface area contributed by atoms with Gasteiger partial charge >= 0.3 is 0 Å². The Labute approximate surface area is 47.3 Å². The van der Waals surface area contributed by atoms with Crippen molar-refractivity contribution in [3.63, 3.8) is 0 Å². The predicted molar refractivity (Wildman–Crippen MR) is 28.5 cm³/mol. The second kappa shape index (κ2) is 4.14. The highest BCUT2D eigenvalue weighted by atomic mass is 16.6. The van der Waals surface area contributed by atoms with Crippen LogP contribution in [0.15, 0.2) is 12.3 Å². The number of rotatable bonds is 2. The van der Waals surface area contributed by atoms with Crippen molar-refractivity contribution in [2.24, 2.45) is 5.90 Å². The normalized spacial score (nSPS) is 9.25. The van der Waals surface area contributed by atoms with Crippen LogP contribution in [-0.4, -0.2) is 13.0 Å². The summed E-state index contributed by atoms with van der Waals surface area (Å²) in [5.41, 5.74) is 0. The topological polar surface area (TPSA) is 64.3 Å². The van der Waals surface area contributed by atoms with Gasteiger partial charge in [0, 0.05) is 13.1 Å². The number of amides is 1. The van der Waals surface area contributed by atoms with E-state index >= 15 is 0 Å². The van der Waals surface area contributed by atoms with Gasteiger partial charge in [-0.1, -0.05) is 0 Å². The summed E-state index contributed by atoms with van der Waals surface area (Å²) in [7, 11) is 1.52. The lowest BCUT2D eigenvalue weighted by Gasteiger charge is -1.86. The highest BCUT2D eigenvalue weighted by Gasteiger charge is 1.84. The third-order valence-electron chi connectivity index (χ3n) is 0.544. The molecule has 0 spiro atoms. The summed E-state index contributed by atoms with van der Waals surface area (Å²) in [5, 5.41) is 2.34. The molecule has 0 aliphatic heterocycles. The van der Waals surface area contributed by atoms with Crippen LogP contribution in [0.2, 0.25) is 0 Å². The Bertz CT molecular complexity index is 100. The Balaban J connectivity index is 3.37. The molecule has 0 radical (unpaired) electrons. The van der Waals surface area contributed by atoms with Gasteiger partial charge < -0.3 is 10.2 Å². The van der Waals surface area contributed by atoms with Gasteiger partial charge in [-0.2, -0.15) is 5.90 Å². The summed E-state index contributed by atoms with van der Waals surface area (Å²) in [5.74, 6) is 4.32. The van der Waals surface area contributed by atoms with E-state index in [4.69, 9.17) is 0 Å². The Kier molecular flexibility index (Phi) is 3.60. The summed E-state index contributed by atoms with van der Waals surface area (Å²) in [6, 6.07) is 0. The molecule has 0 aliphatic carbocycles. The summed E-state index contributed by atoms with van der Waals surface area (Å²) in [4.78, 5) is 14.2. The van der Waals surface area contributed by atoms with Gasteiger partial charge in [0.05, 0.1) is 0 Å². The van der Waals surface area contributed by atoms with Crippen molar-refractivity contribution in [2.75, 3.05) is 7.05 Å². The molecule has 0 atom stereocenters. The number of carbonyl (C=O) groups is 1. The molecule has 46 valence electrons. The molecular formula is C4H8N2O2. The predicted octanol–water partition coefficient (Wildman–Crippen LogP) is -0.864. The number of nitrogens with two attached hydrogens (primary N) is 1. The highest BCUT2D eigenvalue weighted by Crippen LogP contribution is 1.68. The molecule has 0 bridgehead atoms. The zero-order chi connectivity index (χ0) is 6.41. The first-order valence-corrected chi connectivity index (χ1v) is 2.05. The van der Waals surface area contributed by atoms with Crippen LogP contribution in [-0.2, 0) is 9.63 Å². The second-order valence-electron chi connectivity index (χ2n) is 1.05. The van der Waals surface area contributed by atoms with Crippen molar-refractivity contribution >= 4 is 5.91 Å². The average molecular weight is 116 g/mol. The molecule has 3 N–H and O–H groups in total. The van der Waals surface area contributed by atoms with Gasteiger partial charge in [0.15, 0.2) is 0 Å². The SMILES string of the molecule is CNC(=O)/C=C\ON. The zero-order valence-corrected chi connectivity index (χ0v) is 4.55. The van der Waals surface area contributed by atoms with Crippen molar-refractivity contribution in [1.29, 1.82) is 0 Å². The highest BCUT2D eigenvalue weighted by molar-refractivity contribution is 5.86. The van der Waals surface area contributed by atoms with Crippen LogP contribution in [0, 0.1) is 0 Å².